The number of hydrogen-bond acceptors (Lipinski definition) is 7. The fourth-order valence-electron chi connectivity index (χ4n) is 5.19. The molecule has 0 radical (unpaired) electrons. The normalized spacial score (nSPS) is 19.9. The van der Waals surface area contributed by atoms with Crippen molar-refractivity contribution in [2.75, 3.05) is 25.0 Å². The van der Waals surface area contributed by atoms with Crippen molar-refractivity contribution in [2.45, 2.75) is 46.3 Å². The number of pyridine rings is 1. The Morgan fingerprint density at radius 1 is 1.22 bits per heavy atom. The Kier molecular flexibility index (Phi) is 6.68. The van der Waals surface area contributed by atoms with Gasteiger partial charge in [0.05, 0.1) is 17.6 Å². The van der Waals surface area contributed by atoms with Gasteiger partial charge in [-0.1, -0.05) is 12.7 Å². The van der Waals surface area contributed by atoms with E-state index in [2.05, 4.69) is 60.5 Å². The maximum Gasteiger partial charge on any atom is 0.228 e. The predicted molar refractivity (Wildman–Crippen MR) is 140 cm³/mol. The Hall–Kier alpha value is -3.43. The van der Waals surface area contributed by atoms with E-state index in [1.165, 1.54) is 6.20 Å². The number of aryl methyl sites for hydroxylation is 2. The zero-order valence-electron chi connectivity index (χ0n) is 21.3. The van der Waals surface area contributed by atoms with Gasteiger partial charge in [-0.15, -0.1) is 0 Å². The molecule has 3 aromatic rings. The summed E-state index contributed by atoms with van der Waals surface area (Å²) in [7, 11) is 0. The van der Waals surface area contributed by atoms with E-state index in [0.29, 0.717) is 28.9 Å². The second kappa shape index (κ2) is 9.91. The van der Waals surface area contributed by atoms with Gasteiger partial charge < -0.3 is 15.2 Å². The largest absolute Gasteiger partial charge is 0.326 e. The van der Waals surface area contributed by atoms with Gasteiger partial charge in [-0.05, 0) is 45.4 Å². The van der Waals surface area contributed by atoms with Crippen LogP contribution in [0.4, 0.5) is 16.2 Å². The third-order valence-corrected chi connectivity index (χ3v) is 7.01. The first-order valence-electron chi connectivity index (χ1n) is 12.4. The van der Waals surface area contributed by atoms with Crippen LogP contribution in [0.1, 0.15) is 48.2 Å². The topological polar surface area (TPSA) is 83.8 Å². The summed E-state index contributed by atoms with van der Waals surface area (Å²) in [6.45, 7) is 16.2. The van der Waals surface area contributed by atoms with Gasteiger partial charge in [0, 0.05) is 67.7 Å². The van der Waals surface area contributed by atoms with E-state index in [9.17, 15) is 4.39 Å². The molecule has 5 rings (SSSR count). The molecule has 0 spiro atoms. The first kappa shape index (κ1) is 24.3. The maximum atomic E-state index is 14.9. The van der Waals surface area contributed by atoms with Gasteiger partial charge in [0.15, 0.2) is 0 Å². The molecule has 2 saturated heterocycles. The highest BCUT2D eigenvalue weighted by atomic mass is 19.1. The van der Waals surface area contributed by atoms with Gasteiger partial charge in [-0.2, -0.15) is 0 Å². The molecular weight excluding hydrogens is 455 g/mol. The highest BCUT2D eigenvalue weighted by Crippen LogP contribution is 2.28. The molecule has 2 aliphatic heterocycles. The Labute approximate surface area is 211 Å². The standard InChI is InChI=1S/C27H33FN8/c1-6-20(7-25-17(4)33-18(5)36(25)16(2)3)22-8-26(30-12-23(22)28)34-27-31-9-19(10-32-27)13-35-14-21-11-29-24(21)15-35/h6-10,12,16,21,24,29H,1,11,13-15H2,2-5H3,(H,30,31,32,34)/b20-7+. The molecule has 188 valence electrons. The van der Waals surface area contributed by atoms with Crippen molar-refractivity contribution < 1.29 is 4.39 Å². The summed E-state index contributed by atoms with van der Waals surface area (Å²) in [4.78, 5) is 20.1. The number of rotatable bonds is 8. The molecular formula is C27H33FN8. The fraction of sp³-hybridized carbons (Fsp3) is 0.407. The van der Waals surface area contributed by atoms with Crippen molar-refractivity contribution >= 4 is 23.4 Å². The number of nitrogens with zero attached hydrogens (tertiary/aromatic N) is 6. The monoisotopic (exact) mass is 488 g/mol. The summed E-state index contributed by atoms with van der Waals surface area (Å²) in [6, 6.07) is 2.52. The van der Waals surface area contributed by atoms with Crippen LogP contribution in [0.2, 0.25) is 0 Å². The smallest absolute Gasteiger partial charge is 0.228 e. The minimum absolute atomic E-state index is 0.223. The first-order valence-corrected chi connectivity index (χ1v) is 12.4. The molecule has 36 heavy (non-hydrogen) atoms. The average molecular weight is 489 g/mol. The van der Waals surface area contributed by atoms with Crippen molar-refractivity contribution in [3.05, 3.63) is 71.5 Å². The highest BCUT2D eigenvalue weighted by molar-refractivity contribution is 5.88. The lowest BCUT2D eigenvalue weighted by molar-refractivity contribution is 0.295. The molecule has 0 aliphatic carbocycles. The molecule has 2 aliphatic rings. The van der Waals surface area contributed by atoms with Crippen molar-refractivity contribution in [1.82, 2.24) is 34.7 Å². The van der Waals surface area contributed by atoms with Crippen LogP contribution in [-0.4, -0.2) is 55.1 Å². The molecule has 9 heteroatoms. The highest BCUT2D eigenvalue weighted by Gasteiger charge is 2.38. The van der Waals surface area contributed by atoms with Gasteiger partial charge in [0.1, 0.15) is 17.5 Å². The van der Waals surface area contributed by atoms with Crippen LogP contribution >= 0.6 is 0 Å². The number of fused-ring (bicyclic) bond motifs is 1. The van der Waals surface area contributed by atoms with E-state index in [4.69, 9.17) is 0 Å². The van der Waals surface area contributed by atoms with Gasteiger partial charge in [0.2, 0.25) is 5.95 Å². The second-order valence-electron chi connectivity index (χ2n) is 9.96. The molecule has 2 unspecified atom stereocenters. The fourth-order valence-corrected chi connectivity index (χ4v) is 5.19. The van der Waals surface area contributed by atoms with Crippen LogP contribution in [-0.2, 0) is 6.54 Å². The van der Waals surface area contributed by atoms with Crippen LogP contribution in [0, 0.1) is 25.6 Å². The molecule has 0 saturated carbocycles. The SMILES string of the molecule is C=C/C(=C\c1c(C)nc(C)n1C(C)C)c1cc(Nc2ncc(CN3CC4CNC4C3)cn2)ncc1F. The van der Waals surface area contributed by atoms with Crippen molar-refractivity contribution in [3.63, 3.8) is 0 Å². The zero-order valence-corrected chi connectivity index (χ0v) is 21.3. The van der Waals surface area contributed by atoms with E-state index >= 15 is 0 Å². The molecule has 0 aromatic carbocycles. The molecule has 2 N–H and O–H groups in total. The summed E-state index contributed by atoms with van der Waals surface area (Å²) in [5.41, 5.74) is 3.93. The Morgan fingerprint density at radius 3 is 2.61 bits per heavy atom. The minimum Gasteiger partial charge on any atom is -0.326 e. The Bertz CT molecular complexity index is 1280. The number of hydrogen-bond donors (Lipinski definition) is 2. The number of imidazole rings is 1. The molecule has 2 fully saturated rings. The number of nitrogens with one attached hydrogen (secondary N) is 2. The van der Waals surface area contributed by atoms with E-state index in [1.807, 2.05) is 32.3 Å². The quantitative estimate of drug-likeness (QED) is 0.458. The Balaban J connectivity index is 1.34. The van der Waals surface area contributed by atoms with E-state index < -0.39 is 5.82 Å². The Morgan fingerprint density at radius 2 is 2.00 bits per heavy atom. The van der Waals surface area contributed by atoms with E-state index in [1.54, 1.807) is 12.1 Å². The summed E-state index contributed by atoms with van der Waals surface area (Å²) >= 11 is 0. The van der Waals surface area contributed by atoms with Crippen LogP contribution in [0.3, 0.4) is 0 Å². The minimum atomic E-state index is -0.429. The predicted octanol–water partition coefficient (Wildman–Crippen LogP) is 4.28. The summed E-state index contributed by atoms with van der Waals surface area (Å²) in [5, 5.41) is 6.58. The summed E-state index contributed by atoms with van der Waals surface area (Å²) in [6.07, 6.45) is 8.45. The van der Waals surface area contributed by atoms with Crippen LogP contribution < -0.4 is 10.6 Å². The number of halogens is 1. The number of anilines is 2. The molecule has 0 amide bonds. The van der Waals surface area contributed by atoms with Crippen molar-refractivity contribution in [3.8, 4) is 0 Å². The lowest BCUT2D eigenvalue weighted by Gasteiger charge is -2.30. The number of aromatic nitrogens is 5. The van der Waals surface area contributed by atoms with Crippen LogP contribution in [0.15, 0.2) is 37.3 Å². The van der Waals surface area contributed by atoms with Gasteiger partial charge in [0.25, 0.3) is 0 Å². The molecule has 2 atom stereocenters. The third-order valence-electron chi connectivity index (χ3n) is 7.01. The third kappa shape index (κ3) is 4.81. The number of allylic oxidation sites excluding steroid dienone is 2. The molecule has 3 aromatic heterocycles. The molecule has 0 bridgehead atoms. The summed E-state index contributed by atoms with van der Waals surface area (Å²) < 4.78 is 17.0. The van der Waals surface area contributed by atoms with Gasteiger partial charge in [-0.25, -0.2) is 24.3 Å². The van der Waals surface area contributed by atoms with Crippen molar-refractivity contribution in [2.24, 2.45) is 5.92 Å². The van der Waals surface area contributed by atoms with Gasteiger partial charge in [-0.3, -0.25) is 4.90 Å². The lowest BCUT2D eigenvalue weighted by atomic mass is 9.96. The van der Waals surface area contributed by atoms with Gasteiger partial charge >= 0.3 is 0 Å². The van der Waals surface area contributed by atoms with Crippen molar-refractivity contribution in [1.29, 1.82) is 0 Å². The second-order valence-corrected chi connectivity index (χ2v) is 9.96. The molecule has 5 heterocycles. The summed E-state index contributed by atoms with van der Waals surface area (Å²) in [5.74, 6) is 2.14. The zero-order chi connectivity index (χ0) is 25.4. The number of likely N-dealkylation sites (tertiary alicyclic amines) is 1. The molecule has 8 nitrogen and oxygen atoms in total. The average Bonchev–Trinajstić information content (AvgIpc) is 3.28. The first-order chi connectivity index (χ1) is 17.3. The van der Waals surface area contributed by atoms with E-state index in [-0.39, 0.29) is 6.04 Å². The van der Waals surface area contributed by atoms with Crippen LogP contribution in [0.5, 0.6) is 0 Å². The maximum absolute atomic E-state index is 14.9. The van der Waals surface area contributed by atoms with E-state index in [0.717, 1.165) is 54.9 Å². The van der Waals surface area contributed by atoms with Crippen LogP contribution in [0.25, 0.3) is 11.6 Å². The lowest BCUT2D eigenvalue weighted by Crippen LogP contribution is -2.51.